The van der Waals surface area contributed by atoms with Crippen molar-refractivity contribution in [1.82, 2.24) is 24.4 Å². The van der Waals surface area contributed by atoms with Gasteiger partial charge >= 0.3 is 0 Å². The zero-order valence-electron chi connectivity index (χ0n) is 21.0. The molecule has 13 heteroatoms. The molecule has 0 radical (unpaired) electrons. The minimum absolute atomic E-state index is 0.0614. The highest BCUT2D eigenvalue weighted by Crippen LogP contribution is 2.30. The third kappa shape index (κ3) is 6.37. The van der Waals surface area contributed by atoms with E-state index in [1.165, 1.54) is 42.2 Å². The first-order valence-electron chi connectivity index (χ1n) is 12.0. The monoisotopic (exact) mass is 577 g/mol. The minimum atomic E-state index is -3.54. The number of carbonyl (C=O) groups excluding carboxylic acids is 2. The van der Waals surface area contributed by atoms with Gasteiger partial charge in [0.1, 0.15) is 11.6 Å². The SMILES string of the molecule is COc1ccc(-n2c(CCNC(C)=O)nnc2SCC(=O)c2ccc(S(=O)(=O)N3CCCC3)cc2)cc1Cl. The molecule has 0 bridgehead atoms. The van der Waals surface area contributed by atoms with Crippen molar-refractivity contribution in [3.8, 4) is 11.4 Å². The van der Waals surface area contributed by atoms with Crippen LogP contribution in [0.1, 0.15) is 35.9 Å². The summed E-state index contributed by atoms with van der Waals surface area (Å²) in [5.41, 5.74) is 1.09. The number of ketones is 1. The summed E-state index contributed by atoms with van der Waals surface area (Å²) >= 11 is 7.55. The number of hydrogen-bond acceptors (Lipinski definition) is 8. The van der Waals surface area contributed by atoms with Gasteiger partial charge in [-0.3, -0.25) is 14.2 Å². The molecular weight excluding hydrogens is 550 g/mol. The maximum atomic E-state index is 13.0. The molecule has 1 saturated heterocycles. The van der Waals surface area contributed by atoms with Gasteiger partial charge in [0.2, 0.25) is 15.9 Å². The summed E-state index contributed by atoms with van der Waals surface area (Å²) in [4.78, 5) is 24.4. The van der Waals surface area contributed by atoms with Crippen LogP contribution in [0.25, 0.3) is 5.69 Å². The number of benzene rings is 2. The van der Waals surface area contributed by atoms with E-state index in [2.05, 4.69) is 15.5 Å². The Morgan fingerprint density at radius 3 is 2.45 bits per heavy atom. The highest BCUT2D eigenvalue weighted by atomic mass is 35.5. The Balaban J connectivity index is 1.51. The summed E-state index contributed by atoms with van der Waals surface area (Å²) in [6.45, 7) is 2.85. The molecule has 10 nitrogen and oxygen atoms in total. The van der Waals surface area contributed by atoms with Crippen LogP contribution in [-0.2, 0) is 21.2 Å². The fourth-order valence-electron chi connectivity index (χ4n) is 4.06. The molecule has 0 saturated carbocycles. The molecule has 0 spiro atoms. The number of carbonyl (C=O) groups is 2. The summed E-state index contributed by atoms with van der Waals surface area (Å²) in [5.74, 6) is 0.839. The molecular formula is C25H28ClN5O5S2. The molecule has 38 heavy (non-hydrogen) atoms. The number of Topliss-reactive ketones (excluding diaryl/α,β-unsaturated/α-hetero) is 1. The van der Waals surface area contributed by atoms with Crippen molar-refractivity contribution in [2.75, 3.05) is 32.5 Å². The molecule has 1 aliphatic rings. The third-order valence-corrected chi connectivity index (χ3v) is 9.17. The molecule has 4 rings (SSSR count). The highest BCUT2D eigenvalue weighted by Gasteiger charge is 2.27. The van der Waals surface area contributed by atoms with E-state index >= 15 is 0 Å². The maximum Gasteiger partial charge on any atom is 0.243 e. The Hall–Kier alpha value is -2.93. The second-order valence-corrected chi connectivity index (χ2v) is 11.9. The third-order valence-electron chi connectivity index (χ3n) is 6.03. The van der Waals surface area contributed by atoms with E-state index in [0.29, 0.717) is 59.1 Å². The summed E-state index contributed by atoms with van der Waals surface area (Å²) in [5, 5.41) is 12.2. The summed E-state index contributed by atoms with van der Waals surface area (Å²) in [6, 6.07) is 11.3. The fraction of sp³-hybridized carbons (Fsp3) is 0.360. The maximum absolute atomic E-state index is 13.0. The molecule has 1 fully saturated rings. The normalized spacial score (nSPS) is 14.0. The van der Waals surface area contributed by atoms with Gasteiger partial charge in [0.05, 0.1) is 28.5 Å². The molecule has 0 atom stereocenters. The van der Waals surface area contributed by atoms with Crippen molar-refractivity contribution >= 4 is 45.1 Å². The second kappa shape index (κ2) is 12.3. The van der Waals surface area contributed by atoms with E-state index in [1.54, 1.807) is 34.9 Å². The van der Waals surface area contributed by atoms with Crippen molar-refractivity contribution in [3.63, 3.8) is 0 Å². The predicted molar refractivity (Wildman–Crippen MR) is 145 cm³/mol. The molecule has 2 heterocycles. The quantitative estimate of drug-likeness (QED) is 0.272. The smallest absolute Gasteiger partial charge is 0.243 e. The summed E-state index contributed by atoms with van der Waals surface area (Å²) in [6.07, 6.45) is 2.13. The van der Waals surface area contributed by atoms with Crippen LogP contribution in [0.4, 0.5) is 0 Å². The number of ether oxygens (including phenoxy) is 1. The Morgan fingerprint density at radius 2 is 1.82 bits per heavy atom. The lowest BCUT2D eigenvalue weighted by Crippen LogP contribution is -2.27. The van der Waals surface area contributed by atoms with Gasteiger partial charge in [0, 0.05) is 38.5 Å². The van der Waals surface area contributed by atoms with Gasteiger partial charge in [0.25, 0.3) is 0 Å². The van der Waals surface area contributed by atoms with Crippen LogP contribution in [0.2, 0.25) is 5.02 Å². The van der Waals surface area contributed by atoms with E-state index < -0.39 is 10.0 Å². The van der Waals surface area contributed by atoms with E-state index in [-0.39, 0.29) is 22.3 Å². The Morgan fingerprint density at radius 1 is 1.11 bits per heavy atom. The largest absolute Gasteiger partial charge is 0.495 e. The molecule has 2 aromatic carbocycles. The molecule has 1 aromatic heterocycles. The molecule has 1 N–H and O–H groups in total. The summed E-state index contributed by atoms with van der Waals surface area (Å²) in [7, 11) is -2.01. The molecule has 3 aromatic rings. The predicted octanol–water partition coefficient (Wildman–Crippen LogP) is 3.37. The van der Waals surface area contributed by atoms with Crippen LogP contribution in [0, 0.1) is 0 Å². The number of hydrogen-bond donors (Lipinski definition) is 1. The molecule has 0 unspecified atom stereocenters. The Labute approximate surface area is 230 Å². The van der Waals surface area contributed by atoms with E-state index in [1.807, 2.05) is 0 Å². The van der Waals surface area contributed by atoms with Crippen LogP contribution >= 0.6 is 23.4 Å². The number of methoxy groups -OCH3 is 1. The zero-order chi connectivity index (χ0) is 27.3. The number of halogens is 1. The lowest BCUT2D eigenvalue weighted by atomic mass is 10.1. The molecule has 1 amide bonds. The average molecular weight is 578 g/mol. The van der Waals surface area contributed by atoms with Gasteiger partial charge in [-0.2, -0.15) is 4.31 Å². The lowest BCUT2D eigenvalue weighted by Gasteiger charge is -2.15. The fourth-order valence-corrected chi connectivity index (χ4v) is 6.70. The van der Waals surface area contributed by atoms with Gasteiger partial charge in [-0.05, 0) is 43.2 Å². The minimum Gasteiger partial charge on any atom is -0.495 e. The van der Waals surface area contributed by atoms with Gasteiger partial charge in [-0.25, -0.2) is 8.42 Å². The second-order valence-electron chi connectivity index (χ2n) is 8.63. The van der Waals surface area contributed by atoms with E-state index in [9.17, 15) is 18.0 Å². The number of nitrogens with one attached hydrogen (secondary N) is 1. The van der Waals surface area contributed by atoms with Crippen LogP contribution in [0.15, 0.2) is 52.5 Å². The first kappa shape index (κ1) is 28.1. The first-order chi connectivity index (χ1) is 18.2. The van der Waals surface area contributed by atoms with Crippen LogP contribution in [-0.4, -0.2) is 71.7 Å². The molecule has 0 aliphatic carbocycles. The molecule has 1 aliphatic heterocycles. The van der Waals surface area contributed by atoms with Crippen molar-refractivity contribution < 1.29 is 22.7 Å². The van der Waals surface area contributed by atoms with Crippen molar-refractivity contribution in [1.29, 1.82) is 0 Å². The topological polar surface area (TPSA) is 123 Å². The number of rotatable bonds is 11. The highest BCUT2D eigenvalue weighted by molar-refractivity contribution is 7.99. The number of thioether (sulfide) groups is 1. The summed E-state index contributed by atoms with van der Waals surface area (Å²) < 4.78 is 34.0. The van der Waals surface area contributed by atoms with Gasteiger partial charge in [-0.1, -0.05) is 35.5 Å². The number of sulfonamides is 1. The first-order valence-corrected chi connectivity index (χ1v) is 14.8. The Kier molecular flexibility index (Phi) is 9.08. The number of amides is 1. The van der Waals surface area contributed by atoms with Crippen molar-refractivity contribution in [2.45, 2.75) is 36.2 Å². The standard InChI is InChI=1S/C25H28ClN5O5S2/c1-17(32)27-12-11-24-28-29-25(31(24)19-7-10-23(36-2)21(26)15-19)37-16-22(33)18-5-8-20(9-6-18)38(34,35)30-13-3-4-14-30/h5-10,15H,3-4,11-14,16H2,1-2H3,(H,27,32). The van der Waals surface area contributed by atoms with Gasteiger partial charge in [-0.15, -0.1) is 10.2 Å². The molecule has 202 valence electrons. The van der Waals surface area contributed by atoms with Crippen LogP contribution in [0.5, 0.6) is 5.75 Å². The van der Waals surface area contributed by atoms with Gasteiger partial charge in [0.15, 0.2) is 10.9 Å². The number of aromatic nitrogens is 3. The zero-order valence-corrected chi connectivity index (χ0v) is 23.4. The average Bonchev–Trinajstić information content (AvgIpc) is 3.58. The van der Waals surface area contributed by atoms with E-state index in [0.717, 1.165) is 12.8 Å². The van der Waals surface area contributed by atoms with Crippen LogP contribution in [0.3, 0.4) is 0 Å². The Bertz CT molecular complexity index is 1420. The van der Waals surface area contributed by atoms with Crippen LogP contribution < -0.4 is 10.1 Å². The number of nitrogens with zero attached hydrogens (tertiary/aromatic N) is 4. The van der Waals surface area contributed by atoms with E-state index in [4.69, 9.17) is 16.3 Å². The van der Waals surface area contributed by atoms with Gasteiger partial charge < -0.3 is 10.1 Å². The van der Waals surface area contributed by atoms with Crippen molar-refractivity contribution in [3.05, 3.63) is 58.9 Å². The lowest BCUT2D eigenvalue weighted by molar-refractivity contribution is -0.118. The van der Waals surface area contributed by atoms with Crippen molar-refractivity contribution in [2.24, 2.45) is 0 Å².